The minimum absolute atomic E-state index is 0.114. The summed E-state index contributed by atoms with van der Waals surface area (Å²) in [6.45, 7) is 3.32. The first-order valence-corrected chi connectivity index (χ1v) is 8.91. The van der Waals surface area contributed by atoms with Crippen LogP contribution < -0.4 is 15.5 Å². The molecule has 2 amide bonds. The zero-order valence-corrected chi connectivity index (χ0v) is 15.1. The largest absolute Gasteiger partial charge is 0.387 e. The Kier molecular flexibility index (Phi) is 6.33. The first-order chi connectivity index (χ1) is 12.6. The van der Waals surface area contributed by atoms with Crippen molar-refractivity contribution in [2.75, 3.05) is 43.1 Å². The number of rotatable bonds is 5. The predicted octanol–water partition coefficient (Wildman–Crippen LogP) is 3.03. The summed E-state index contributed by atoms with van der Waals surface area (Å²) in [6.07, 6.45) is -0.779. The molecule has 1 aliphatic rings. The van der Waals surface area contributed by atoms with Crippen molar-refractivity contribution in [3.05, 3.63) is 59.1 Å². The third kappa shape index (κ3) is 5.11. The van der Waals surface area contributed by atoms with Crippen molar-refractivity contribution in [2.24, 2.45) is 0 Å². The van der Waals surface area contributed by atoms with Crippen molar-refractivity contribution in [3.8, 4) is 0 Å². The van der Waals surface area contributed by atoms with Crippen LogP contribution in [0.25, 0.3) is 0 Å². The second-order valence-corrected chi connectivity index (χ2v) is 6.49. The van der Waals surface area contributed by atoms with Gasteiger partial charge in [0.15, 0.2) is 0 Å². The maximum Gasteiger partial charge on any atom is 0.319 e. The lowest BCUT2D eigenvalue weighted by Gasteiger charge is -2.29. The van der Waals surface area contributed by atoms with Crippen LogP contribution >= 0.6 is 11.6 Å². The topological polar surface area (TPSA) is 73.8 Å². The molecule has 138 valence electrons. The highest BCUT2D eigenvalue weighted by Gasteiger charge is 2.13. The molecule has 7 heteroatoms. The lowest BCUT2D eigenvalue weighted by Crippen LogP contribution is -2.36. The van der Waals surface area contributed by atoms with Crippen molar-refractivity contribution < 1.29 is 14.6 Å². The van der Waals surface area contributed by atoms with E-state index in [-0.39, 0.29) is 6.54 Å². The monoisotopic (exact) mass is 375 g/mol. The molecule has 6 nitrogen and oxygen atoms in total. The number of hydrogen-bond donors (Lipinski definition) is 3. The van der Waals surface area contributed by atoms with Crippen LogP contribution in [-0.4, -0.2) is 44.0 Å². The van der Waals surface area contributed by atoms with Crippen LogP contribution in [0.2, 0.25) is 5.02 Å². The molecule has 1 fully saturated rings. The number of aliphatic hydroxyl groups excluding tert-OH is 1. The van der Waals surface area contributed by atoms with Gasteiger partial charge in [0, 0.05) is 36.0 Å². The Morgan fingerprint density at radius 1 is 1.19 bits per heavy atom. The number of halogens is 1. The average Bonchev–Trinajstić information content (AvgIpc) is 2.67. The van der Waals surface area contributed by atoms with Gasteiger partial charge in [-0.1, -0.05) is 29.8 Å². The van der Waals surface area contributed by atoms with Crippen LogP contribution in [0.4, 0.5) is 16.2 Å². The fourth-order valence-electron chi connectivity index (χ4n) is 2.78. The fraction of sp³-hybridized carbons (Fsp3) is 0.316. The fourth-order valence-corrected chi connectivity index (χ4v) is 2.97. The summed E-state index contributed by atoms with van der Waals surface area (Å²) < 4.78 is 5.35. The summed E-state index contributed by atoms with van der Waals surface area (Å²) in [5, 5.41) is 16.2. The zero-order valence-electron chi connectivity index (χ0n) is 14.3. The quantitative estimate of drug-likeness (QED) is 0.751. The first kappa shape index (κ1) is 18.5. The van der Waals surface area contributed by atoms with Crippen LogP contribution in [0.3, 0.4) is 0 Å². The van der Waals surface area contributed by atoms with E-state index >= 15 is 0 Å². The van der Waals surface area contributed by atoms with Crippen LogP contribution in [0.15, 0.2) is 48.5 Å². The average molecular weight is 376 g/mol. The highest BCUT2D eigenvalue weighted by atomic mass is 35.5. The molecule has 26 heavy (non-hydrogen) atoms. The molecule has 0 aromatic heterocycles. The molecule has 3 N–H and O–H groups in total. The number of morpholine rings is 1. The molecule has 0 aliphatic carbocycles. The van der Waals surface area contributed by atoms with Gasteiger partial charge in [0.2, 0.25) is 0 Å². The summed E-state index contributed by atoms with van der Waals surface area (Å²) in [7, 11) is 0. The van der Waals surface area contributed by atoms with E-state index in [1.807, 2.05) is 24.3 Å². The number of amides is 2. The van der Waals surface area contributed by atoms with E-state index in [0.29, 0.717) is 10.7 Å². The number of urea groups is 1. The number of carbonyl (C=O) groups is 1. The number of hydrogen-bond acceptors (Lipinski definition) is 4. The SMILES string of the molecule is O=C(NCC(O)c1ccc(N2CCOCC2)cc1)Nc1cccc(Cl)c1. The van der Waals surface area contributed by atoms with Gasteiger partial charge >= 0.3 is 6.03 Å². The first-order valence-electron chi connectivity index (χ1n) is 8.53. The maximum atomic E-state index is 11.9. The Labute approximate surface area is 157 Å². The van der Waals surface area contributed by atoms with E-state index in [1.54, 1.807) is 24.3 Å². The molecule has 1 unspecified atom stereocenters. The predicted molar refractivity (Wildman–Crippen MR) is 103 cm³/mol. The summed E-state index contributed by atoms with van der Waals surface area (Å²) in [5.74, 6) is 0. The normalized spacial score (nSPS) is 15.4. The van der Waals surface area contributed by atoms with Gasteiger partial charge < -0.3 is 25.4 Å². The Morgan fingerprint density at radius 2 is 1.92 bits per heavy atom. The van der Waals surface area contributed by atoms with Gasteiger partial charge in [-0.25, -0.2) is 4.79 Å². The second kappa shape index (κ2) is 8.89. The summed E-state index contributed by atoms with van der Waals surface area (Å²) in [6, 6.07) is 14.2. The number of nitrogens with one attached hydrogen (secondary N) is 2. The minimum Gasteiger partial charge on any atom is -0.387 e. The molecule has 1 heterocycles. The van der Waals surface area contributed by atoms with Gasteiger partial charge in [0.1, 0.15) is 0 Å². The van der Waals surface area contributed by atoms with Gasteiger partial charge in [-0.15, -0.1) is 0 Å². The van der Waals surface area contributed by atoms with Gasteiger partial charge in [-0.05, 0) is 35.9 Å². The van der Waals surface area contributed by atoms with Crippen LogP contribution in [0, 0.1) is 0 Å². The Morgan fingerprint density at radius 3 is 2.62 bits per heavy atom. The van der Waals surface area contributed by atoms with Crippen molar-refractivity contribution in [2.45, 2.75) is 6.10 Å². The van der Waals surface area contributed by atoms with Gasteiger partial charge in [0.25, 0.3) is 0 Å². The highest BCUT2D eigenvalue weighted by molar-refractivity contribution is 6.30. The van der Waals surface area contributed by atoms with E-state index < -0.39 is 12.1 Å². The van der Waals surface area contributed by atoms with E-state index in [1.165, 1.54) is 0 Å². The van der Waals surface area contributed by atoms with Crippen molar-refractivity contribution in [1.82, 2.24) is 5.32 Å². The Hall–Kier alpha value is -2.28. The summed E-state index contributed by atoms with van der Waals surface area (Å²) >= 11 is 5.88. The molecule has 1 saturated heterocycles. The molecule has 2 aromatic carbocycles. The third-order valence-electron chi connectivity index (χ3n) is 4.19. The number of nitrogens with zero attached hydrogens (tertiary/aromatic N) is 1. The third-order valence-corrected chi connectivity index (χ3v) is 4.43. The Balaban J connectivity index is 1.49. The maximum absolute atomic E-state index is 11.9. The van der Waals surface area contributed by atoms with Crippen LogP contribution in [0.5, 0.6) is 0 Å². The van der Waals surface area contributed by atoms with Gasteiger partial charge in [-0.2, -0.15) is 0 Å². The van der Waals surface area contributed by atoms with Crippen molar-refractivity contribution >= 4 is 29.0 Å². The molecule has 1 atom stereocenters. The number of aliphatic hydroxyl groups is 1. The minimum atomic E-state index is -0.779. The number of anilines is 2. The van der Waals surface area contributed by atoms with Crippen LogP contribution in [0.1, 0.15) is 11.7 Å². The molecule has 0 radical (unpaired) electrons. The lowest BCUT2D eigenvalue weighted by molar-refractivity contribution is 0.122. The van der Waals surface area contributed by atoms with Crippen molar-refractivity contribution in [1.29, 1.82) is 0 Å². The molecular weight excluding hydrogens is 354 g/mol. The number of carbonyl (C=O) groups excluding carboxylic acids is 1. The van der Waals surface area contributed by atoms with Gasteiger partial charge in [0.05, 0.1) is 19.3 Å². The summed E-state index contributed by atoms with van der Waals surface area (Å²) in [5.41, 5.74) is 2.46. The van der Waals surface area contributed by atoms with E-state index in [2.05, 4.69) is 15.5 Å². The number of benzene rings is 2. The molecule has 2 aromatic rings. The highest BCUT2D eigenvalue weighted by Crippen LogP contribution is 2.20. The molecule has 0 saturated carbocycles. The van der Waals surface area contributed by atoms with E-state index in [9.17, 15) is 9.90 Å². The van der Waals surface area contributed by atoms with Gasteiger partial charge in [-0.3, -0.25) is 0 Å². The molecular formula is C19H22ClN3O3. The summed E-state index contributed by atoms with van der Waals surface area (Å²) in [4.78, 5) is 14.2. The van der Waals surface area contributed by atoms with E-state index in [0.717, 1.165) is 37.6 Å². The standard InChI is InChI=1S/C19H22ClN3O3/c20-15-2-1-3-16(12-15)22-19(25)21-13-18(24)14-4-6-17(7-5-14)23-8-10-26-11-9-23/h1-7,12,18,24H,8-11,13H2,(H2,21,22,25). The molecule has 3 rings (SSSR count). The lowest BCUT2D eigenvalue weighted by atomic mass is 10.1. The Bertz CT molecular complexity index is 733. The molecule has 0 spiro atoms. The van der Waals surface area contributed by atoms with Crippen molar-refractivity contribution in [3.63, 3.8) is 0 Å². The second-order valence-electron chi connectivity index (χ2n) is 6.05. The molecule has 1 aliphatic heterocycles. The zero-order chi connectivity index (χ0) is 18.4. The number of ether oxygens (including phenoxy) is 1. The molecule has 0 bridgehead atoms. The van der Waals surface area contributed by atoms with Crippen LogP contribution in [-0.2, 0) is 4.74 Å². The van der Waals surface area contributed by atoms with E-state index in [4.69, 9.17) is 16.3 Å². The smallest absolute Gasteiger partial charge is 0.319 e.